The molecule has 1 atom stereocenters. The molecule has 1 rings (SSSR count). The van der Waals surface area contributed by atoms with Gasteiger partial charge >= 0.3 is 5.97 Å². The molecule has 6 nitrogen and oxygen atoms in total. The van der Waals surface area contributed by atoms with Crippen molar-refractivity contribution in [2.24, 2.45) is 5.16 Å². The van der Waals surface area contributed by atoms with Crippen molar-refractivity contribution in [2.75, 3.05) is 20.2 Å². The van der Waals surface area contributed by atoms with Gasteiger partial charge in [0.1, 0.15) is 7.11 Å². The molecule has 1 heterocycles. The molecule has 0 bridgehead atoms. The van der Waals surface area contributed by atoms with Gasteiger partial charge in [0.25, 0.3) is 0 Å². The van der Waals surface area contributed by atoms with E-state index in [1.165, 1.54) is 7.11 Å². The molecule has 6 heteroatoms. The van der Waals surface area contributed by atoms with Crippen LogP contribution in [-0.2, 0) is 9.63 Å². The summed E-state index contributed by atoms with van der Waals surface area (Å²) in [6, 6.07) is 1.75. The predicted molar refractivity (Wildman–Crippen MR) is 52.3 cm³/mol. The van der Waals surface area contributed by atoms with E-state index >= 15 is 0 Å². The maximum absolute atomic E-state index is 10.6. The molecule has 0 saturated carbocycles. The molecule has 82 valence electrons. The van der Waals surface area contributed by atoms with Gasteiger partial charge in [-0.3, -0.25) is 9.69 Å². The van der Waals surface area contributed by atoms with Crippen LogP contribution in [-0.4, -0.2) is 47.9 Å². The fourth-order valence-corrected chi connectivity index (χ4v) is 1.60. The molecule has 0 radical (unpaired) electrons. The topological polar surface area (TPSA) is 85.9 Å². The summed E-state index contributed by atoms with van der Waals surface area (Å²) in [5.74, 6) is -0.936. The van der Waals surface area contributed by atoms with Crippen molar-refractivity contribution in [1.82, 2.24) is 4.90 Å². The Morgan fingerprint density at radius 2 is 2.60 bits per heavy atom. The van der Waals surface area contributed by atoms with Crippen LogP contribution >= 0.6 is 0 Å². The van der Waals surface area contributed by atoms with E-state index in [-0.39, 0.29) is 12.6 Å². The van der Waals surface area contributed by atoms with E-state index in [1.54, 1.807) is 4.90 Å². The molecule has 1 aliphatic rings. The molecular formula is C9H13N3O3. The zero-order valence-electron chi connectivity index (χ0n) is 8.51. The van der Waals surface area contributed by atoms with E-state index in [4.69, 9.17) is 10.4 Å². The highest BCUT2D eigenvalue weighted by Gasteiger charge is 2.27. The first-order valence-electron chi connectivity index (χ1n) is 4.61. The molecule has 1 saturated heterocycles. The Hall–Kier alpha value is -1.61. The number of rotatable bonds is 3. The molecular weight excluding hydrogens is 198 g/mol. The van der Waals surface area contributed by atoms with Crippen LogP contribution in [0.1, 0.15) is 12.8 Å². The van der Waals surface area contributed by atoms with E-state index in [0.29, 0.717) is 19.4 Å². The minimum absolute atomic E-state index is 0.138. The number of aliphatic carboxylic acids is 1. The number of hydrogen-bond acceptors (Lipinski definition) is 5. The lowest BCUT2D eigenvalue weighted by Crippen LogP contribution is -2.45. The smallest absolute Gasteiger partial charge is 0.317 e. The third-order valence-electron chi connectivity index (χ3n) is 2.24. The number of likely N-dealkylation sites (tertiary alicyclic amines) is 1. The third-order valence-corrected chi connectivity index (χ3v) is 2.24. The van der Waals surface area contributed by atoms with E-state index in [1.807, 2.05) is 0 Å². The van der Waals surface area contributed by atoms with Crippen LogP contribution in [0.2, 0.25) is 0 Å². The first kappa shape index (κ1) is 11.5. The molecule has 0 unspecified atom stereocenters. The minimum atomic E-state index is -0.936. The molecule has 0 aromatic carbocycles. The van der Waals surface area contributed by atoms with E-state index in [9.17, 15) is 4.79 Å². The van der Waals surface area contributed by atoms with Gasteiger partial charge in [-0.25, -0.2) is 0 Å². The van der Waals surface area contributed by atoms with Crippen LogP contribution in [0.4, 0.5) is 0 Å². The summed E-state index contributed by atoms with van der Waals surface area (Å²) in [5, 5.41) is 21.3. The fourth-order valence-electron chi connectivity index (χ4n) is 1.60. The average molecular weight is 211 g/mol. The number of carbonyl (C=O) groups is 1. The summed E-state index contributed by atoms with van der Waals surface area (Å²) >= 11 is 0. The summed E-state index contributed by atoms with van der Waals surface area (Å²) in [5.41, 5.74) is 0.783. The third kappa shape index (κ3) is 3.22. The highest BCUT2D eigenvalue weighted by atomic mass is 16.6. The average Bonchev–Trinajstić information content (AvgIpc) is 2.18. The quantitative estimate of drug-likeness (QED) is 0.667. The summed E-state index contributed by atoms with van der Waals surface area (Å²) in [4.78, 5) is 16.8. The Morgan fingerprint density at radius 3 is 3.13 bits per heavy atom. The van der Waals surface area contributed by atoms with Crippen molar-refractivity contribution >= 4 is 11.7 Å². The van der Waals surface area contributed by atoms with Crippen molar-refractivity contribution in [1.29, 1.82) is 5.26 Å². The van der Waals surface area contributed by atoms with Crippen LogP contribution in [0.3, 0.4) is 0 Å². The molecule has 0 amide bonds. The van der Waals surface area contributed by atoms with Crippen LogP contribution in [0.15, 0.2) is 5.16 Å². The molecule has 0 aromatic rings. The number of carboxylic acid groups (broad SMARTS) is 1. The second-order valence-electron chi connectivity index (χ2n) is 3.32. The molecule has 1 aliphatic heterocycles. The Morgan fingerprint density at radius 1 is 1.87 bits per heavy atom. The van der Waals surface area contributed by atoms with Crippen LogP contribution in [0.25, 0.3) is 0 Å². The van der Waals surface area contributed by atoms with Crippen LogP contribution in [0, 0.1) is 11.3 Å². The van der Waals surface area contributed by atoms with E-state index < -0.39 is 5.97 Å². The van der Waals surface area contributed by atoms with Crippen LogP contribution in [0.5, 0.6) is 0 Å². The summed E-state index contributed by atoms with van der Waals surface area (Å²) in [7, 11) is 1.45. The predicted octanol–water partition coefficient (Wildman–Crippen LogP) is 0.0614. The molecule has 1 fully saturated rings. The van der Waals surface area contributed by atoms with Gasteiger partial charge < -0.3 is 9.94 Å². The number of carboxylic acids is 1. The van der Waals surface area contributed by atoms with Crippen molar-refractivity contribution in [3.8, 4) is 6.07 Å². The maximum Gasteiger partial charge on any atom is 0.317 e. The van der Waals surface area contributed by atoms with Gasteiger partial charge in [0.05, 0.1) is 24.4 Å². The summed E-state index contributed by atoms with van der Waals surface area (Å²) in [6.45, 7) is 0.249. The van der Waals surface area contributed by atoms with Gasteiger partial charge in [0.2, 0.25) is 0 Å². The molecule has 1 N–H and O–H groups in total. The number of nitriles is 1. The molecule has 0 spiro atoms. The highest BCUT2D eigenvalue weighted by Crippen LogP contribution is 2.14. The lowest BCUT2D eigenvalue weighted by Gasteiger charge is -2.30. The first-order valence-corrected chi connectivity index (χ1v) is 4.61. The van der Waals surface area contributed by atoms with Crippen molar-refractivity contribution in [3.05, 3.63) is 0 Å². The number of oxime groups is 1. The Kier molecular flexibility index (Phi) is 4.06. The summed E-state index contributed by atoms with van der Waals surface area (Å²) in [6.07, 6.45) is 1.29. The van der Waals surface area contributed by atoms with Gasteiger partial charge in [-0.15, -0.1) is 0 Å². The van der Waals surface area contributed by atoms with Gasteiger partial charge in [0, 0.05) is 6.54 Å². The summed E-state index contributed by atoms with van der Waals surface area (Å²) < 4.78 is 0. The number of nitrogens with zero attached hydrogens (tertiary/aromatic N) is 3. The minimum Gasteiger partial charge on any atom is -0.480 e. The molecule has 0 aliphatic carbocycles. The Balaban J connectivity index is 2.66. The van der Waals surface area contributed by atoms with E-state index in [0.717, 1.165) is 5.71 Å². The second-order valence-corrected chi connectivity index (χ2v) is 3.32. The molecule has 15 heavy (non-hydrogen) atoms. The SMILES string of the molecule is CO/N=C1\CC[C@@H](C#N)N(CC(=O)O)C1. The largest absolute Gasteiger partial charge is 0.480 e. The van der Waals surface area contributed by atoms with Crippen molar-refractivity contribution in [3.63, 3.8) is 0 Å². The zero-order valence-corrected chi connectivity index (χ0v) is 8.51. The van der Waals surface area contributed by atoms with Gasteiger partial charge in [-0.2, -0.15) is 5.26 Å². The van der Waals surface area contributed by atoms with Crippen LogP contribution < -0.4 is 0 Å². The monoisotopic (exact) mass is 211 g/mol. The lowest BCUT2D eigenvalue weighted by atomic mass is 10.0. The second kappa shape index (κ2) is 5.32. The first-order chi connectivity index (χ1) is 7.17. The van der Waals surface area contributed by atoms with Crippen molar-refractivity contribution in [2.45, 2.75) is 18.9 Å². The maximum atomic E-state index is 10.6. The van der Waals surface area contributed by atoms with E-state index in [2.05, 4.69) is 16.1 Å². The Labute approximate surface area is 87.7 Å². The number of hydrogen-bond donors (Lipinski definition) is 1. The molecule has 0 aromatic heterocycles. The van der Waals surface area contributed by atoms with Gasteiger partial charge in [0.15, 0.2) is 0 Å². The number of piperidine rings is 1. The van der Waals surface area contributed by atoms with Gasteiger partial charge in [-0.05, 0) is 12.8 Å². The fraction of sp³-hybridized carbons (Fsp3) is 0.667. The van der Waals surface area contributed by atoms with Crippen molar-refractivity contribution < 1.29 is 14.7 Å². The standard InChI is InChI=1S/C9H13N3O3/c1-15-11-7-2-3-8(4-10)12(5-7)6-9(13)14/h8H,2-3,5-6H2,1H3,(H,13,14)/b11-7+/t8-/m0/s1. The zero-order chi connectivity index (χ0) is 11.3. The highest BCUT2D eigenvalue weighted by molar-refractivity contribution is 5.87. The van der Waals surface area contributed by atoms with Gasteiger partial charge in [-0.1, -0.05) is 5.16 Å². The normalized spacial score (nSPS) is 24.8. The Bertz CT molecular complexity index is 308. The lowest BCUT2D eigenvalue weighted by molar-refractivity contribution is -0.138.